The molecular weight excluding hydrogens is 266 g/mol. The van der Waals surface area contributed by atoms with Crippen molar-refractivity contribution in [1.29, 1.82) is 0 Å². The second-order valence-corrected chi connectivity index (χ2v) is 5.78. The predicted octanol–water partition coefficient (Wildman–Crippen LogP) is 2.48. The van der Waals surface area contributed by atoms with Gasteiger partial charge in [-0.15, -0.1) is 0 Å². The van der Waals surface area contributed by atoms with Gasteiger partial charge in [-0.3, -0.25) is 9.59 Å². The number of hydrogen-bond acceptors (Lipinski definition) is 3. The molecule has 0 radical (unpaired) electrons. The molecule has 0 aliphatic rings. The Morgan fingerprint density at radius 1 is 1.14 bits per heavy atom. The lowest BCUT2D eigenvalue weighted by atomic mass is 10.0. The quantitative estimate of drug-likeness (QED) is 0.723. The monoisotopic (exact) mass is 291 g/mol. The number of Topliss-reactive ketones (excluding diaryl/α,β-unsaturated/α-hetero) is 1. The van der Waals surface area contributed by atoms with Crippen LogP contribution in [0.2, 0.25) is 0 Å². The summed E-state index contributed by atoms with van der Waals surface area (Å²) in [6, 6.07) is 7.37. The third-order valence-electron chi connectivity index (χ3n) is 3.34. The number of amides is 1. The smallest absolute Gasteiger partial charge is 0.220 e. The first-order chi connectivity index (χ1) is 9.88. The molecule has 0 aromatic heterocycles. The van der Waals surface area contributed by atoms with Crippen LogP contribution < -0.4 is 5.32 Å². The zero-order chi connectivity index (χ0) is 15.8. The van der Waals surface area contributed by atoms with Crippen LogP contribution in [0.4, 0.5) is 0 Å². The van der Waals surface area contributed by atoms with Gasteiger partial charge in [0.15, 0.2) is 5.78 Å². The SMILES string of the molecule is Cc1ccc(C(=O)CCC(=O)NCC(C)CC(C)O)cc1. The van der Waals surface area contributed by atoms with Gasteiger partial charge in [0.2, 0.25) is 5.91 Å². The van der Waals surface area contributed by atoms with E-state index in [0.717, 1.165) is 5.56 Å². The van der Waals surface area contributed by atoms with Gasteiger partial charge in [-0.2, -0.15) is 0 Å². The maximum atomic E-state index is 11.9. The molecule has 1 amide bonds. The van der Waals surface area contributed by atoms with Crippen molar-refractivity contribution in [3.05, 3.63) is 35.4 Å². The van der Waals surface area contributed by atoms with E-state index in [1.54, 1.807) is 19.1 Å². The fraction of sp³-hybridized carbons (Fsp3) is 0.529. The van der Waals surface area contributed by atoms with Crippen LogP contribution >= 0.6 is 0 Å². The van der Waals surface area contributed by atoms with E-state index in [2.05, 4.69) is 5.32 Å². The van der Waals surface area contributed by atoms with Crippen LogP contribution in [-0.2, 0) is 4.79 Å². The van der Waals surface area contributed by atoms with Gasteiger partial charge in [-0.25, -0.2) is 0 Å². The Morgan fingerprint density at radius 3 is 2.33 bits per heavy atom. The van der Waals surface area contributed by atoms with Crippen LogP contribution in [0.5, 0.6) is 0 Å². The summed E-state index contributed by atoms with van der Waals surface area (Å²) in [7, 11) is 0. The molecular formula is C17H25NO3. The molecule has 0 bridgehead atoms. The van der Waals surface area contributed by atoms with Crippen LogP contribution in [0, 0.1) is 12.8 Å². The maximum absolute atomic E-state index is 11.9. The summed E-state index contributed by atoms with van der Waals surface area (Å²) in [5.41, 5.74) is 1.76. The molecule has 1 rings (SSSR count). The summed E-state index contributed by atoms with van der Waals surface area (Å²) in [6.45, 7) is 6.21. The van der Waals surface area contributed by atoms with E-state index in [-0.39, 0.29) is 36.6 Å². The number of benzene rings is 1. The molecule has 1 aromatic carbocycles. The second-order valence-electron chi connectivity index (χ2n) is 5.78. The summed E-state index contributed by atoms with van der Waals surface area (Å²) >= 11 is 0. The molecule has 116 valence electrons. The standard InChI is InChI=1S/C17H25NO3/c1-12-4-6-15(7-5-12)16(20)8-9-17(21)18-11-13(2)10-14(3)19/h4-7,13-14,19H,8-11H2,1-3H3,(H,18,21). The van der Waals surface area contributed by atoms with E-state index in [0.29, 0.717) is 18.5 Å². The number of ketones is 1. The highest BCUT2D eigenvalue weighted by atomic mass is 16.3. The third kappa shape index (κ3) is 7.04. The van der Waals surface area contributed by atoms with E-state index < -0.39 is 0 Å². The number of rotatable bonds is 8. The molecule has 4 nitrogen and oxygen atoms in total. The number of nitrogens with one attached hydrogen (secondary N) is 1. The Kier molecular flexibility index (Phi) is 7.09. The molecule has 0 heterocycles. The molecule has 2 unspecified atom stereocenters. The topological polar surface area (TPSA) is 66.4 Å². The Balaban J connectivity index is 2.29. The Labute approximate surface area is 126 Å². The summed E-state index contributed by atoms with van der Waals surface area (Å²) < 4.78 is 0. The first-order valence-corrected chi connectivity index (χ1v) is 7.43. The fourth-order valence-corrected chi connectivity index (χ4v) is 2.15. The van der Waals surface area contributed by atoms with Crippen LogP contribution in [0.1, 0.15) is 49.0 Å². The Hall–Kier alpha value is -1.68. The van der Waals surface area contributed by atoms with Crippen molar-refractivity contribution in [3.63, 3.8) is 0 Å². The number of hydrogen-bond donors (Lipinski definition) is 2. The van der Waals surface area contributed by atoms with Crippen molar-refractivity contribution in [2.24, 2.45) is 5.92 Å². The fourth-order valence-electron chi connectivity index (χ4n) is 2.15. The van der Waals surface area contributed by atoms with Crippen LogP contribution in [0.25, 0.3) is 0 Å². The first kappa shape index (κ1) is 17.4. The lowest BCUT2D eigenvalue weighted by Crippen LogP contribution is -2.29. The van der Waals surface area contributed by atoms with Crippen molar-refractivity contribution in [2.45, 2.75) is 46.1 Å². The van der Waals surface area contributed by atoms with Gasteiger partial charge in [-0.1, -0.05) is 36.8 Å². The van der Waals surface area contributed by atoms with Gasteiger partial charge < -0.3 is 10.4 Å². The Bertz CT molecular complexity index is 465. The van der Waals surface area contributed by atoms with E-state index in [4.69, 9.17) is 0 Å². The summed E-state index contributed by atoms with van der Waals surface area (Å²) in [5, 5.41) is 12.1. The van der Waals surface area contributed by atoms with Gasteiger partial charge in [0.05, 0.1) is 6.10 Å². The van der Waals surface area contributed by atoms with Gasteiger partial charge >= 0.3 is 0 Å². The molecule has 2 N–H and O–H groups in total. The number of aliphatic hydroxyl groups excluding tert-OH is 1. The Morgan fingerprint density at radius 2 is 1.76 bits per heavy atom. The lowest BCUT2D eigenvalue weighted by Gasteiger charge is -2.14. The number of carbonyl (C=O) groups is 2. The summed E-state index contributed by atoms with van der Waals surface area (Å²) in [5.74, 6) is 0.0943. The van der Waals surface area contributed by atoms with Crippen LogP contribution in [0.3, 0.4) is 0 Å². The maximum Gasteiger partial charge on any atom is 0.220 e. The van der Waals surface area contributed by atoms with Gasteiger partial charge in [-0.05, 0) is 26.2 Å². The van der Waals surface area contributed by atoms with Gasteiger partial charge in [0, 0.05) is 24.9 Å². The number of aliphatic hydroxyl groups is 1. The molecule has 0 aliphatic carbocycles. The van der Waals surface area contributed by atoms with E-state index in [1.807, 2.05) is 26.0 Å². The van der Waals surface area contributed by atoms with Crippen molar-refractivity contribution >= 4 is 11.7 Å². The molecule has 0 saturated heterocycles. The van der Waals surface area contributed by atoms with Crippen molar-refractivity contribution in [2.75, 3.05) is 6.54 Å². The molecule has 1 aromatic rings. The summed E-state index contributed by atoms with van der Waals surface area (Å²) in [6.07, 6.45) is 0.719. The molecule has 0 saturated carbocycles. The highest BCUT2D eigenvalue weighted by Gasteiger charge is 2.11. The minimum Gasteiger partial charge on any atom is -0.393 e. The first-order valence-electron chi connectivity index (χ1n) is 7.43. The third-order valence-corrected chi connectivity index (χ3v) is 3.34. The van der Waals surface area contributed by atoms with Gasteiger partial charge in [0.1, 0.15) is 0 Å². The van der Waals surface area contributed by atoms with Crippen molar-refractivity contribution < 1.29 is 14.7 Å². The minimum atomic E-state index is -0.361. The van der Waals surface area contributed by atoms with Crippen LogP contribution in [-0.4, -0.2) is 29.4 Å². The van der Waals surface area contributed by atoms with Crippen molar-refractivity contribution in [3.8, 4) is 0 Å². The molecule has 21 heavy (non-hydrogen) atoms. The van der Waals surface area contributed by atoms with Crippen molar-refractivity contribution in [1.82, 2.24) is 5.32 Å². The van der Waals surface area contributed by atoms with Gasteiger partial charge in [0.25, 0.3) is 0 Å². The zero-order valence-electron chi connectivity index (χ0n) is 13.1. The van der Waals surface area contributed by atoms with E-state index in [1.165, 1.54) is 0 Å². The normalized spacial score (nSPS) is 13.5. The minimum absolute atomic E-state index is 0.0119. The molecule has 0 spiro atoms. The molecule has 0 aliphatic heterocycles. The number of aryl methyl sites for hydroxylation is 1. The predicted molar refractivity (Wildman–Crippen MR) is 83.2 cm³/mol. The molecule has 2 atom stereocenters. The lowest BCUT2D eigenvalue weighted by molar-refractivity contribution is -0.121. The highest BCUT2D eigenvalue weighted by Crippen LogP contribution is 2.08. The molecule has 0 fully saturated rings. The molecule has 4 heteroatoms. The van der Waals surface area contributed by atoms with E-state index >= 15 is 0 Å². The summed E-state index contributed by atoms with van der Waals surface area (Å²) in [4.78, 5) is 23.6. The zero-order valence-corrected chi connectivity index (χ0v) is 13.1. The average Bonchev–Trinajstić information content (AvgIpc) is 2.42. The number of carbonyl (C=O) groups excluding carboxylic acids is 2. The van der Waals surface area contributed by atoms with Crippen LogP contribution in [0.15, 0.2) is 24.3 Å². The van der Waals surface area contributed by atoms with E-state index in [9.17, 15) is 14.7 Å². The average molecular weight is 291 g/mol. The second kappa shape index (κ2) is 8.57. The largest absolute Gasteiger partial charge is 0.393 e. The highest BCUT2D eigenvalue weighted by molar-refractivity contribution is 5.97.